The van der Waals surface area contributed by atoms with Gasteiger partial charge in [-0.1, -0.05) is 13.2 Å². The van der Waals surface area contributed by atoms with Gasteiger partial charge in [-0.3, -0.25) is 19.8 Å². The molecule has 0 unspecified atom stereocenters. The van der Waals surface area contributed by atoms with Gasteiger partial charge in [-0.05, 0) is 38.9 Å². The zero-order valence-corrected chi connectivity index (χ0v) is 14.1. The normalized spacial score (nSPS) is 15.9. The summed E-state index contributed by atoms with van der Waals surface area (Å²) in [7, 11) is 0. The molecule has 0 spiro atoms. The molecular weight excluding hydrogens is 312 g/mol. The van der Waals surface area contributed by atoms with Gasteiger partial charge in [0.15, 0.2) is 5.13 Å². The van der Waals surface area contributed by atoms with Crippen molar-refractivity contribution in [1.82, 2.24) is 15.2 Å². The largest absolute Gasteiger partial charge is 0.330 e. The van der Waals surface area contributed by atoms with E-state index in [4.69, 9.17) is 0 Å². The molecule has 0 atom stereocenters. The van der Waals surface area contributed by atoms with E-state index in [1.54, 1.807) is 13.1 Å². The van der Waals surface area contributed by atoms with Crippen LogP contribution in [0.4, 0.5) is 5.13 Å². The first-order chi connectivity index (χ1) is 11.0. The molecule has 2 amide bonds. The summed E-state index contributed by atoms with van der Waals surface area (Å²) in [6, 6.07) is 0. The molecule has 1 aromatic heterocycles. The SMILES string of the molecule is C=CC(=O)Nc1ncc(CN2CCC(C(=O)NC(=C)C)CC2)s1. The molecule has 1 aromatic rings. The lowest BCUT2D eigenvalue weighted by molar-refractivity contribution is -0.125. The van der Waals surface area contributed by atoms with E-state index in [0.29, 0.717) is 10.8 Å². The minimum Gasteiger partial charge on any atom is -0.330 e. The Bertz CT molecular complexity index is 603. The fourth-order valence-electron chi connectivity index (χ4n) is 2.48. The van der Waals surface area contributed by atoms with Gasteiger partial charge in [0.1, 0.15) is 0 Å². The maximum Gasteiger partial charge on any atom is 0.249 e. The lowest BCUT2D eigenvalue weighted by Gasteiger charge is -2.30. The highest BCUT2D eigenvalue weighted by Crippen LogP contribution is 2.23. The van der Waals surface area contributed by atoms with Gasteiger partial charge in [0.25, 0.3) is 0 Å². The van der Waals surface area contributed by atoms with Crippen LogP contribution >= 0.6 is 11.3 Å². The lowest BCUT2D eigenvalue weighted by atomic mass is 9.96. The molecule has 1 aliphatic rings. The van der Waals surface area contributed by atoms with Crippen LogP contribution in [0.25, 0.3) is 0 Å². The summed E-state index contributed by atoms with van der Waals surface area (Å²) < 4.78 is 0. The first-order valence-corrected chi connectivity index (χ1v) is 8.36. The Morgan fingerprint density at radius 1 is 1.48 bits per heavy atom. The average molecular weight is 334 g/mol. The predicted molar refractivity (Wildman–Crippen MR) is 91.9 cm³/mol. The molecule has 23 heavy (non-hydrogen) atoms. The predicted octanol–water partition coefficient (Wildman–Crippen LogP) is 2.13. The molecule has 0 saturated carbocycles. The van der Waals surface area contributed by atoms with Crippen molar-refractivity contribution >= 4 is 28.3 Å². The Balaban J connectivity index is 1.80. The zero-order valence-electron chi connectivity index (χ0n) is 13.3. The molecule has 6 nitrogen and oxygen atoms in total. The van der Waals surface area contributed by atoms with Crippen molar-refractivity contribution in [2.24, 2.45) is 5.92 Å². The first kappa shape index (κ1) is 17.4. The summed E-state index contributed by atoms with van der Waals surface area (Å²) in [5.74, 6) is -0.119. The number of hydrogen-bond donors (Lipinski definition) is 2. The molecule has 0 bridgehead atoms. The monoisotopic (exact) mass is 334 g/mol. The number of allylic oxidation sites excluding steroid dienone is 1. The van der Waals surface area contributed by atoms with Crippen molar-refractivity contribution in [3.8, 4) is 0 Å². The van der Waals surface area contributed by atoms with E-state index >= 15 is 0 Å². The van der Waals surface area contributed by atoms with Crippen LogP contribution in [0.2, 0.25) is 0 Å². The number of nitrogens with one attached hydrogen (secondary N) is 2. The second-order valence-electron chi connectivity index (χ2n) is 5.65. The minimum absolute atomic E-state index is 0.0619. The molecule has 0 aromatic carbocycles. The van der Waals surface area contributed by atoms with E-state index in [2.05, 4.69) is 33.7 Å². The van der Waals surface area contributed by atoms with E-state index < -0.39 is 0 Å². The topological polar surface area (TPSA) is 74.3 Å². The Kier molecular flexibility index (Phi) is 6.06. The van der Waals surface area contributed by atoms with Crippen molar-refractivity contribution in [1.29, 1.82) is 0 Å². The van der Waals surface area contributed by atoms with Crippen LogP contribution in [-0.2, 0) is 16.1 Å². The second kappa shape index (κ2) is 8.03. The number of aromatic nitrogens is 1. The van der Waals surface area contributed by atoms with Crippen molar-refractivity contribution in [2.75, 3.05) is 18.4 Å². The van der Waals surface area contributed by atoms with Gasteiger partial charge in [0.2, 0.25) is 11.8 Å². The maximum absolute atomic E-state index is 12.0. The van der Waals surface area contributed by atoms with Gasteiger partial charge in [-0.15, -0.1) is 11.3 Å². The summed E-state index contributed by atoms with van der Waals surface area (Å²) in [5.41, 5.74) is 0.691. The quantitative estimate of drug-likeness (QED) is 0.782. The standard InChI is InChI=1S/C16H22N4O2S/c1-4-14(21)19-16-17-9-13(23-16)10-20-7-5-12(6-8-20)15(22)18-11(2)3/h4,9,12H,1-2,5-8,10H2,3H3,(H,18,22)(H,17,19,21). The zero-order chi connectivity index (χ0) is 16.8. The lowest BCUT2D eigenvalue weighted by Crippen LogP contribution is -2.39. The highest BCUT2D eigenvalue weighted by molar-refractivity contribution is 7.15. The number of carbonyl (C=O) groups is 2. The first-order valence-electron chi connectivity index (χ1n) is 7.54. The third-order valence-corrected chi connectivity index (χ3v) is 4.54. The van der Waals surface area contributed by atoms with Crippen LogP contribution in [-0.4, -0.2) is 34.8 Å². The molecule has 1 aliphatic heterocycles. The molecular formula is C16H22N4O2S. The Morgan fingerprint density at radius 2 is 2.17 bits per heavy atom. The minimum atomic E-state index is -0.254. The summed E-state index contributed by atoms with van der Waals surface area (Å²) in [6.45, 7) is 11.5. The van der Waals surface area contributed by atoms with Gasteiger partial charge in [0.05, 0.1) is 0 Å². The highest BCUT2D eigenvalue weighted by Gasteiger charge is 2.25. The van der Waals surface area contributed by atoms with Crippen LogP contribution < -0.4 is 10.6 Å². The summed E-state index contributed by atoms with van der Waals surface area (Å²) in [4.78, 5) is 30.8. The third kappa shape index (κ3) is 5.30. The smallest absolute Gasteiger partial charge is 0.249 e. The van der Waals surface area contributed by atoms with Crippen LogP contribution in [0.3, 0.4) is 0 Å². The number of hydrogen-bond acceptors (Lipinski definition) is 5. The number of carbonyl (C=O) groups excluding carboxylic acids is 2. The molecule has 0 radical (unpaired) electrons. The number of rotatable bonds is 6. The molecule has 1 saturated heterocycles. The summed E-state index contributed by atoms with van der Waals surface area (Å²) in [5, 5.41) is 6.04. The Morgan fingerprint density at radius 3 is 2.78 bits per heavy atom. The summed E-state index contributed by atoms with van der Waals surface area (Å²) in [6.07, 6.45) is 4.70. The molecule has 2 rings (SSSR count). The van der Waals surface area contributed by atoms with Gasteiger partial charge < -0.3 is 5.32 Å². The van der Waals surface area contributed by atoms with Crippen molar-refractivity contribution in [3.05, 3.63) is 36.0 Å². The van der Waals surface area contributed by atoms with Crippen LogP contribution in [0.1, 0.15) is 24.6 Å². The molecule has 7 heteroatoms. The van der Waals surface area contributed by atoms with Crippen LogP contribution in [0, 0.1) is 5.92 Å². The van der Waals surface area contributed by atoms with Gasteiger partial charge >= 0.3 is 0 Å². The van der Waals surface area contributed by atoms with E-state index in [9.17, 15) is 9.59 Å². The van der Waals surface area contributed by atoms with Crippen molar-refractivity contribution < 1.29 is 9.59 Å². The van der Waals surface area contributed by atoms with E-state index in [1.807, 2.05) is 0 Å². The average Bonchev–Trinajstić information content (AvgIpc) is 2.94. The van der Waals surface area contributed by atoms with E-state index in [0.717, 1.165) is 37.4 Å². The van der Waals surface area contributed by atoms with Gasteiger partial charge in [0, 0.05) is 29.2 Å². The summed E-state index contributed by atoms with van der Waals surface area (Å²) >= 11 is 1.46. The molecule has 2 heterocycles. The number of anilines is 1. The molecule has 0 aliphatic carbocycles. The van der Waals surface area contributed by atoms with Crippen molar-refractivity contribution in [3.63, 3.8) is 0 Å². The highest BCUT2D eigenvalue weighted by atomic mass is 32.1. The maximum atomic E-state index is 12.0. The van der Waals surface area contributed by atoms with Crippen LogP contribution in [0.5, 0.6) is 0 Å². The van der Waals surface area contributed by atoms with Gasteiger partial charge in [-0.25, -0.2) is 4.98 Å². The number of piperidine rings is 1. The number of thiazole rings is 1. The Labute approximate surface area is 140 Å². The van der Waals surface area contributed by atoms with Gasteiger partial charge in [-0.2, -0.15) is 0 Å². The number of amides is 2. The van der Waals surface area contributed by atoms with Crippen molar-refractivity contribution in [2.45, 2.75) is 26.3 Å². The fraction of sp³-hybridized carbons (Fsp3) is 0.438. The van der Waals surface area contributed by atoms with Crippen LogP contribution in [0.15, 0.2) is 31.1 Å². The Hall–Kier alpha value is -1.99. The molecule has 1 fully saturated rings. The second-order valence-corrected chi connectivity index (χ2v) is 6.76. The third-order valence-electron chi connectivity index (χ3n) is 3.64. The number of likely N-dealkylation sites (tertiary alicyclic amines) is 1. The van der Waals surface area contributed by atoms with E-state index in [-0.39, 0.29) is 17.7 Å². The fourth-order valence-corrected chi connectivity index (χ4v) is 3.34. The number of nitrogens with zero attached hydrogens (tertiary/aromatic N) is 2. The molecule has 124 valence electrons. The van der Waals surface area contributed by atoms with E-state index in [1.165, 1.54) is 17.4 Å². The molecule has 2 N–H and O–H groups in total.